The van der Waals surface area contributed by atoms with Crippen LogP contribution in [0.3, 0.4) is 0 Å². The van der Waals surface area contributed by atoms with Gasteiger partial charge in [-0.3, -0.25) is 24.3 Å². The molecule has 13 atom stereocenters. The Morgan fingerprint density at radius 1 is 1.08 bits per heavy atom. The second kappa shape index (κ2) is 19.5. The Morgan fingerprint density at radius 3 is 2.42 bits per heavy atom. The number of hydrogen-bond acceptors (Lipinski definition) is 13. The smallest absolute Gasteiger partial charge is 0.411 e. The van der Waals surface area contributed by atoms with E-state index in [0.29, 0.717) is 36.5 Å². The zero-order valence-electron chi connectivity index (χ0n) is 36.7. The SMILES string of the molecule is C=C[C@]12OC(=O)N(CCCCn3cnc(-c4cnccc4Cl)c3)[C@H]1[C@@H](C)C(=O)[C@H](C)C[C@](C)(OC)[C@H](OC1O[C@H](C)C[C@H](N(C)C)[C@H]1O)[C@@H](C)C(=O)[C@@H](C)C(=O)O[C@@H]2CC. The normalized spacial score (nSPS) is 35.8. The number of carbonyl (C=O) groups excluding carboxylic acids is 4. The van der Waals surface area contributed by atoms with E-state index in [2.05, 4.69) is 16.5 Å². The van der Waals surface area contributed by atoms with Crippen molar-refractivity contribution in [2.75, 3.05) is 27.7 Å². The minimum atomic E-state index is -1.61. The predicted octanol–water partition coefficient (Wildman–Crippen LogP) is 5.75. The molecule has 5 rings (SSSR count). The molecule has 1 amide bonds. The number of imidazole rings is 1. The van der Waals surface area contributed by atoms with Gasteiger partial charge in [0.15, 0.2) is 17.7 Å². The molecule has 0 aliphatic carbocycles. The van der Waals surface area contributed by atoms with Crippen LogP contribution in [0.2, 0.25) is 5.02 Å². The number of carbonyl (C=O) groups is 4. The molecule has 5 heterocycles. The van der Waals surface area contributed by atoms with Crippen molar-refractivity contribution in [3.63, 3.8) is 0 Å². The van der Waals surface area contributed by atoms with Gasteiger partial charge in [-0.2, -0.15) is 0 Å². The van der Waals surface area contributed by atoms with Gasteiger partial charge in [0.25, 0.3) is 0 Å². The number of ether oxygens (including phenoxy) is 5. The number of hydrogen-bond donors (Lipinski definition) is 1. The van der Waals surface area contributed by atoms with E-state index in [1.54, 1.807) is 64.3 Å². The van der Waals surface area contributed by atoms with Crippen LogP contribution in [0.25, 0.3) is 11.3 Å². The van der Waals surface area contributed by atoms with Gasteiger partial charge in [-0.25, -0.2) is 9.78 Å². The van der Waals surface area contributed by atoms with E-state index < -0.39 is 83.4 Å². The fourth-order valence-corrected chi connectivity index (χ4v) is 9.65. The minimum Gasteiger partial charge on any atom is -0.457 e. The number of Topliss-reactive ketones (excluding diaryl/α,β-unsaturated/α-hetero) is 2. The molecule has 3 aliphatic heterocycles. The van der Waals surface area contributed by atoms with Crippen molar-refractivity contribution < 1.29 is 48.0 Å². The maximum Gasteiger partial charge on any atom is 0.411 e. The van der Waals surface area contributed by atoms with E-state index in [9.17, 15) is 24.3 Å². The highest BCUT2D eigenvalue weighted by molar-refractivity contribution is 6.33. The van der Waals surface area contributed by atoms with Crippen molar-refractivity contribution in [3.05, 3.63) is 48.7 Å². The van der Waals surface area contributed by atoms with Crippen molar-refractivity contribution in [1.29, 1.82) is 0 Å². The molecule has 60 heavy (non-hydrogen) atoms. The van der Waals surface area contributed by atoms with Crippen LogP contribution in [0.4, 0.5) is 4.79 Å². The number of halogens is 1. The van der Waals surface area contributed by atoms with Gasteiger partial charge in [-0.05, 0) is 79.1 Å². The minimum absolute atomic E-state index is 0.0975. The average molecular weight is 858 g/mol. The number of fused-ring (bicyclic) bond motifs is 1. The molecule has 16 heteroatoms. The van der Waals surface area contributed by atoms with Crippen LogP contribution in [0.5, 0.6) is 0 Å². The molecular weight excluding hydrogens is 794 g/mol. The van der Waals surface area contributed by atoms with E-state index in [4.69, 9.17) is 35.3 Å². The number of pyridine rings is 1. The largest absolute Gasteiger partial charge is 0.457 e. The van der Waals surface area contributed by atoms with Crippen LogP contribution in [-0.2, 0) is 44.6 Å². The number of aryl methyl sites for hydroxylation is 1. The van der Waals surface area contributed by atoms with Crippen LogP contribution in [0.1, 0.15) is 80.6 Å². The molecule has 3 fully saturated rings. The number of rotatable bonds is 12. The second-order valence-electron chi connectivity index (χ2n) is 17.3. The highest BCUT2D eigenvalue weighted by Crippen LogP contribution is 2.44. The van der Waals surface area contributed by atoms with Crippen LogP contribution < -0.4 is 0 Å². The zero-order chi connectivity index (χ0) is 44.3. The Bertz CT molecular complexity index is 1860. The summed E-state index contributed by atoms with van der Waals surface area (Å²) in [6, 6.07) is 0.503. The molecule has 1 unspecified atom stereocenters. The van der Waals surface area contributed by atoms with Gasteiger partial charge in [0.1, 0.15) is 23.9 Å². The molecule has 0 saturated carbocycles. The molecule has 15 nitrogen and oxygen atoms in total. The van der Waals surface area contributed by atoms with E-state index in [0.717, 1.165) is 5.56 Å². The summed E-state index contributed by atoms with van der Waals surface area (Å²) in [5.74, 6) is -5.27. The van der Waals surface area contributed by atoms with Gasteiger partial charge in [0.05, 0.1) is 40.9 Å². The third kappa shape index (κ3) is 9.51. The van der Waals surface area contributed by atoms with Crippen LogP contribution in [-0.4, -0.2) is 135 Å². The summed E-state index contributed by atoms with van der Waals surface area (Å²) in [6.45, 7) is 17.0. The number of amides is 1. The summed E-state index contributed by atoms with van der Waals surface area (Å²) in [5.41, 5.74) is -1.50. The molecule has 3 aliphatic rings. The number of nitrogens with zero attached hydrogens (tertiary/aromatic N) is 5. The number of likely N-dealkylation sites (N-methyl/N-ethyl adjacent to an activating group) is 1. The Labute approximate surface area is 359 Å². The van der Waals surface area contributed by atoms with Gasteiger partial charge >= 0.3 is 12.1 Å². The van der Waals surface area contributed by atoms with Gasteiger partial charge in [-0.1, -0.05) is 45.9 Å². The number of unbranched alkanes of at least 4 members (excludes halogenated alkanes) is 1. The molecule has 2 aromatic rings. The summed E-state index contributed by atoms with van der Waals surface area (Å²) < 4.78 is 33.2. The standard InChI is InChI=1S/C44H64ClN5O10/c1-12-34-44(13-2)38(50(42(55)60-44)19-15-14-18-49-23-32(47-24-49)30-22-46-17-16-31(30)45)27(5)35(51)25(3)21-43(8,56-11)39(28(6)36(52)29(7)40(54)58-34)59-41-37(53)33(48(9)10)20-26(4)57-41/h13,16-17,22-29,33-34,37-39,41,53H,2,12,14-15,18-21H2,1,3-11H3/t25-,26-,27+,28+,29-,33+,34-,37-,38+,39-,41?,43+,44-/m1/s1. The Balaban J connectivity index is 1.46. The fourth-order valence-electron chi connectivity index (χ4n) is 9.45. The zero-order valence-corrected chi connectivity index (χ0v) is 37.5. The highest BCUT2D eigenvalue weighted by atomic mass is 35.5. The van der Waals surface area contributed by atoms with E-state index in [-0.39, 0.29) is 37.3 Å². The number of ketones is 2. The van der Waals surface area contributed by atoms with Gasteiger partial charge in [0, 0.05) is 68.1 Å². The van der Waals surface area contributed by atoms with E-state index >= 15 is 0 Å². The lowest BCUT2D eigenvalue weighted by molar-refractivity contribution is -0.295. The van der Waals surface area contributed by atoms with Crippen LogP contribution in [0.15, 0.2) is 43.6 Å². The maximum atomic E-state index is 14.8. The lowest BCUT2D eigenvalue weighted by Gasteiger charge is -2.47. The summed E-state index contributed by atoms with van der Waals surface area (Å²) >= 11 is 6.36. The average Bonchev–Trinajstić information content (AvgIpc) is 3.81. The van der Waals surface area contributed by atoms with Crippen molar-refractivity contribution >= 4 is 35.2 Å². The molecule has 3 saturated heterocycles. The Kier molecular flexibility index (Phi) is 15.4. The van der Waals surface area contributed by atoms with E-state index in [1.165, 1.54) is 20.1 Å². The molecular formula is C44H64ClN5O10. The van der Waals surface area contributed by atoms with Crippen molar-refractivity contribution in [1.82, 2.24) is 24.3 Å². The molecule has 0 aromatic carbocycles. The second-order valence-corrected chi connectivity index (χ2v) is 17.7. The number of aliphatic hydroxyl groups is 1. The number of esters is 1. The van der Waals surface area contributed by atoms with Crippen LogP contribution in [0, 0.1) is 23.7 Å². The lowest BCUT2D eigenvalue weighted by atomic mass is 9.72. The summed E-state index contributed by atoms with van der Waals surface area (Å²) in [7, 11) is 5.21. The summed E-state index contributed by atoms with van der Waals surface area (Å²) in [4.78, 5) is 69.3. The number of aliphatic hydroxyl groups excluding tert-OH is 1. The molecule has 1 N–H and O–H groups in total. The quantitative estimate of drug-likeness (QED) is 0.119. The maximum absolute atomic E-state index is 14.8. The molecule has 0 radical (unpaired) electrons. The van der Waals surface area contributed by atoms with Gasteiger partial charge in [0.2, 0.25) is 0 Å². The number of cyclic esters (lactones) is 1. The lowest BCUT2D eigenvalue weighted by Crippen LogP contribution is -2.60. The first-order chi connectivity index (χ1) is 28.3. The van der Waals surface area contributed by atoms with Crippen molar-refractivity contribution in [2.45, 2.75) is 141 Å². The van der Waals surface area contributed by atoms with Gasteiger partial charge in [-0.15, -0.1) is 0 Å². The fraction of sp³-hybridized carbons (Fsp3) is 0.682. The molecule has 0 spiro atoms. The highest BCUT2D eigenvalue weighted by Gasteiger charge is 2.61. The Morgan fingerprint density at radius 2 is 1.78 bits per heavy atom. The third-order valence-electron chi connectivity index (χ3n) is 12.9. The monoisotopic (exact) mass is 857 g/mol. The Hall–Kier alpha value is -3.73. The first-order valence-electron chi connectivity index (χ1n) is 21.1. The molecule has 332 valence electrons. The topological polar surface area (TPSA) is 172 Å². The summed E-state index contributed by atoms with van der Waals surface area (Å²) in [6.07, 6.45) is 5.11. The first kappa shape index (κ1) is 47.3. The van der Waals surface area contributed by atoms with Crippen LogP contribution >= 0.6 is 11.6 Å². The molecule has 2 aromatic heterocycles. The number of methoxy groups -OCH3 is 1. The first-order valence-corrected chi connectivity index (χ1v) is 21.4. The third-order valence-corrected chi connectivity index (χ3v) is 13.2. The predicted molar refractivity (Wildman–Crippen MR) is 224 cm³/mol. The number of aromatic nitrogens is 3. The molecule has 0 bridgehead atoms. The van der Waals surface area contributed by atoms with Crippen molar-refractivity contribution in [2.24, 2.45) is 23.7 Å². The summed E-state index contributed by atoms with van der Waals surface area (Å²) in [5, 5.41) is 12.0. The van der Waals surface area contributed by atoms with Crippen molar-refractivity contribution in [3.8, 4) is 11.3 Å². The van der Waals surface area contributed by atoms with E-state index in [1.807, 2.05) is 36.7 Å². The van der Waals surface area contributed by atoms with Gasteiger partial charge < -0.3 is 38.3 Å².